The van der Waals surface area contributed by atoms with Crippen LogP contribution < -0.4 is 19.9 Å². The SMILES string of the molecule is CC(C)N1CCOc2c(F)cc(-c3nc(Nc4ncc(N5CCC(N(C)C)CC5)cn4)ccc3F)cc21. The van der Waals surface area contributed by atoms with Crippen molar-refractivity contribution in [2.45, 2.75) is 38.8 Å². The fourth-order valence-corrected chi connectivity index (χ4v) is 4.99. The monoisotopic (exact) mass is 509 g/mol. The van der Waals surface area contributed by atoms with Gasteiger partial charge in [-0.2, -0.15) is 0 Å². The predicted octanol–water partition coefficient (Wildman–Crippen LogP) is 4.70. The Morgan fingerprint density at radius 3 is 2.43 bits per heavy atom. The Kier molecular flexibility index (Phi) is 7.10. The quantitative estimate of drug-likeness (QED) is 0.513. The van der Waals surface area contributed by atoms with Gasteiger partial charge in [-0.1, -0.05) is 0 Å². The molecule has 0 bridgehead atoms. The molecule has 1 saturated heterocycles. The molecule has 1 N–H and O–H groups in total. The lowest BCUT2D eigenvalue weighted by molar-refractivity contribution is 0.249. The number of nitrogens with zero attached hydrogens (tertiary/aromatic N) is 6. The Balaban J connectivity index is 1.35. The van der Waals surface area contributed by atoms with E-state index in [-0.39, 0.29) is 17.5 Å². The van der Waals surface area contributed by atoms with Crippen LogP contribution in [0.25, 0.3) is 11.3 Å². The molecule has 8 nitrogen and oxygen atoms in total. The zero-order chi connectivity index (χ0) is 26.1. The van der Waals surface area contributed by atoms with Gasteiger partial charge in [-0.25, -0.2) is 23.7 Å². The normalized spacial score (nSPS) is 16.2. The van der Waals surface area contributed by atoms with Gasteiger partial charge in [0.15, 0.2) is 11.6 Å². The molecule has 0 aliphatic carbocycles. The molecule has 2 aliphatic rings. The molecule has 0 saturated carbocycles. The Morgan fingerprint density at radius 1 is 1.03 bits per heavy atom. The third-order valence-corrected chi connectivity index (χ3v) is 7.09. The topological polar surface area (TPSA) is 69.7 Å². The van der Waals surface area contributed by atoms with Crippen molar-refractivity contribution in [3.05, 3.63) is 48.3 Å². The van der Waals surface area contributed by atoms with Crippen molar-refractivity contribution in [1.82, 2.24) is 19.9 Å². The first-order chi connectivity index (χ1) is 17.8. The van der Waals surface area contributed by atoms with Crippen LogP contribution in [0.3, 0.4) is 0 Å². The van der Waals surface area contributed by atoms with Gasteiger partial charge >= 0.3 is 0 Å². The van der Waals surface area contributed by atoms with E-state index in [0.29, 0.717) is 42.2 Å². The molecule has 0 radical (unpaired) electrons. The van der Waals surface area contributed by atoms with E-state index in [1.165, 1.54) is 18.2 Å². The Hall–Kier alpha value is -3.53. The maximum absolute atomic E-state index is 14.9. The molecule has 37 heavy (non-hydrogen) atoms. The minimum absolute atomic E-state index is 0.0429. The highest BCUT2D eigenvalue weighted by molar-refractivity contribution is 5.73. The molecular weight excluding hydrogens is 476 g/mol. The van der Waals surface area contributed by atoms with Crippen molar-refractivity contribution in [2.75, 3.05) is 55.5 Å². The van der Waals surface area contributed by atoms with Gasteiger partial charge in [0.2, 0.25) is 5.95 Å². The van der Waals surface area contributed by atoms with Crippen LogP contribution in [-0.4, -0.2) is 72.3 Å². The summed E-state index contributed by atoms with van der Waals surface area (Å²) in [5.41, 5.74) is 1.95. The van der Waals surface area contributed by atoms with Gasteiger partial charge in [0, 0.05) is 30.7 Å². The number of anilines is 4. The minimum Gasteiger partial charge on any atom is -0.486 e. The molecule has 2 aliphatic heterocycles. The van der Waals surface area contributed by atoms with Crippen LogP contribution in [0.4, 0.5) is 31.9 Å². The van der Waals surface area contributed by atoms with Crippen LogP contribution >= 0.6 is 0 Å². The van der Waals surface area contributed by atoms with Crippen LogP contribution in [0.15, 0.2) is 36.7 Å². The van der Waals surface area contributed by atoms with E-state index >= 15 is 0 Å². The molecule has 4 heterocycles. The Morgan fingerprint density at radius 2 is 1.76 bits per heavy atom. The van der Waals surface area contributed by atoms with Crippen molar-refractivity contribution < 1.29 is 13.5 Å². The fraction of sp³-hybridized carbons (Fsp3) is 0.444. The molecule has 196 valence electrons. The number of benzene rings is 1. The van der Waals surface area contributed by atoms with E-state index in [2.05, 4.69) is 44.2 Å². The van der Waals surface area contributed by atoms with Crippen LogP contribution in [0.5, 0.6) is 5.75 Å². The lowest BCUT2D eigenvalue weighted by atomic mass is 10.0. The summed E-state index contributed by atoms with van der Waals surface area (Å²) in [6, 6.07) is 6.56. The number of fused-ring (bicyclic) bond motifs is 1. The molecule has 1 aromatic carbocycles. The molecule has 0 unspecified atom stereocenters. The second kappa shape index (κ2) is 10.5. The molecule has 10 heteroatoms. The van der Waals surface area contributed by atoms with Gasteiger partial charge in [0.1, 0.15) is 23.9 Å². The smallest absolute Gasteiger partial charge is 0.228 e. The number of rotatable bonds is 6. The number of piperidine rings is 1. The number of pyridine rings is 1. The van der Waals surface area contributed by atoms with Crippen molar-refractivity contribution in [3.8, 4) is 17.0 Å². The Labute approximate surface area is 216 Å². The number of hydrogen-bond acceptors (Lipinski definition) is 8. The van der Waals surface area contributed by atoms with Gasteiger partial charge < -0.3 is 24.8 Å². The molecule has 2 aromatic heterocycles. The van der Waals surface area contributed by atoms with E-state index in [0.717, 1.165) is 31.6 Å². The first-order valence-electron chi connectivity index (χ1n) is 12.7. The van der Waals surface area contributed by atoms with Gasteiger partial charge in [-0.15, -0.1) is 0 Å². The van der Waals surface area contributed by atoms with Crippen molar-refractivity contribution in [3.63, 3.8) is 0 Å². The van der Waals surface area contributed by atoms with Crippen LogP contribution in [-0.2, 0) is 0 Å². The molecule has 1 fully saturated rings. The number of hydrogen-bond donors (Lipinski definition) is 1. The highest BCUT2D eigenvalue weighted by atomic mass is 19.1. The van der Waals surface area contributed by atoms with Crippen LogP contribution in [0, 0.1) is 11.6 Å². The first-order valence-corrected chi connectivity index (χ1v) is 12.7. The van der Waals surface area contributed by atoms with E-state index in [1.54, 1.807) is 18.5 Å². The van der Waals surface area contributed by atoms with Crippen molar-refractivity contribution in [1.29, 1.82) is 0 Å². The van der Waals surface area contributed by atoms with E-state index in [4.69, 9.17) is 4.74 Å². The lowest BCUT2D eigenvalue weighted by Gasteiger charge is -2.36. The molecule has 0 spiro atoms. The summed E-state index contributed by atoms with van der Waals surface area (Å²) in [7, 11) is 4.24. The summed E-state index contributed by atoms with van der Waals surface area (Å²) in [6.07, 6.45) is 5.77. The third kappa shape index (κ3) is 5.29. The molecular formula is C27H33F2N7O. The van der Waals surface area contributed by atoms with Gasteiger partial charge in [0.25, 0.3) is 0 Å². The average Bonchev–Trinajstić information content (AvgIpc) is 2.90. The van der Waals surface area contributed by atoms with E-state index in [9.17, 15) is 8.78 Å². The minimum atomic E-state index is -0.546. The maximum Gasteiger partial charge on any atom is 0.228 e. The molecule has 0 amide bonds. The summed E-state index contributed by atoms with van der Waals surface area (Å²) < 4.78 is 35.4. The van der Waals surface area contributed by atoms with Gasteiger partial charge in [0.05, 0.1) is 30.3 Å². The van der Waals surface area contributed by atoms with Gasteiger partial charge in [-0.05, 0) is 65.0 Å². The summed E-state index contributed by atoms with van der Waals surface area (Å²) in [6.45, 7) is 7.00. The summed E-state index contributed by atoms with van der Waals surface area (Å²) in [4.78, 5) is 19.9. The second-order valence-corrected chi connectivity index (χ2v) is 10.0. The van der Waals surface area contributed by atoms with Crippen molar-refractivity contribution in [2.24, 2.45) is 0 Å². The number of halogens is 2. The third-order valence-electron chi connectivity index (χ3n) is 7.09. The fourth-order valence-electron chi connectivity index (χ4n) is 4.99. The first kappa shape index (κ1) is 25.1. The Bertz CT molecular complexity index is 1240. The predicted molar refractivity (Wildman–Crippen MR) is 142 cm³/mol. The molecule has 5 rings (SSSR count). The second-order valence-electron chi connectivity index (χ2n) is 10.0. The van der Waals surface area contributed by atoms with Crippen molar-refractivity contribution >= 4 is 23.1 Å². The van der Waals surface area contributed by atoms with Gasteiger partial charge in [-0.3, -0.25) is 0 Å². The largest absolute Gasteiger partial charge is 0.486 e. The maximum atomic E-state index is 14.9. The summed E-state index contributed by atoms with van der Waals surface area (Å²) >= 11 is 0. The highest BCUT2D eigenvalue weighted by Gasteiger charge is 2.26. The summed E-state index contributed by atoms with van der Waals surface area (Å²) in [5, 5.41) is 3.04. The molecule has 0 atom stereocenters. The van der Waals surface area contributed by atoms with E-state index in [1.807, 2.05) is 18.7 Å². The average molecular weight is 510 g/mol. The van der Waals surface area contributed by atoms with Crippen LogP contribution in [0.2, 0.25) is 0 Å². The summed E-state index contributed by atoms with van der Waals surface area (Å²) in [5.74, 6) is -0.169. The zero-order valence-electron chi connectivity index (χ0n) is 21.7. The number of nitrogens with one attached hydrogen (secondary N) is 1. The van der Waals surface area contributed by atoms with Crippen LogP contribution in [0.1, 0.15) is 26.7 Å². The number of ether oxygens (including phenoxy) is 1. The molecule has 3 aromatic rings. The zero-order valence-corrected chi connectivity index (χ0v) is 21.7. The number of aromatic nitrogens is 3. The lowest BCUT2D eigenvalue weighted by Crippen LogP contribution is -2.42. The standard InChI is InChI=1S/C27H33F2N7O/c1-17(2)36-11-12-37-26-22(29)13-18(14-23(26)36)25-21(28)5-6-24(32-25)33-27-30-15-20(16-31-27)35-9-7-19(8-10-35)34(3)4/h5-6,13-17,19H,7-12H2,1-4H3,(H,30,31,32,33). The highest BCUT2D eigenvalue weighted by Crippen LogP contribution is 2.39. The van der Waals surface area contributed by atoms with E-state index < -0.39 is 11.6 Å².